The molecule has 0 saturated heterocycles. The summed E-state index contributed by atoms with van der Waals surface area (Å²) in [6.45, 7) is 1.55. The highest BCUT2D eigenvalue weighted by molar-refractivity contribution is 7.19. The van der Waals surface area contributed by atoms with Crippen LogP contribution >= 0.6 is 11.3 Å². The van der Waals surface area contributed by atoms with Gasteiger partial charge in [-0.15, -0.1) is 11.3 Å². The summed E-state index contributed by atoms with van der Waals surface area (Å²) < 4.78 is 1.10. The highest BCUT2D eigenvalue weighted by atomic mass is 32.1. The molecule has 3 aromatic rings. The van der Waals surface area contributed by atoms with Crippen LogP contribution in [0.2, 0.25) is 0 Å². The largest absolute Gasteiger partial charge is 0.386 e. The van der Waals surface area contributed by atoms with Crippen LogP contribution in [0.3, 0.4) is 0 Å². The minimum atomic E-state index is -0.765. The molecule has 0 saturated carbocycles. The summed E-state index contributed by atoms with van der Waals surface area (Å²) in [6.07, 6.45) is 0.734. The number of Topliss-reactive ketones (excluding diaryl/α,β-unsaturated/α-hetero) is 1. The van der Waals surface area contributed by atoms with Crippen molar-refractivity contribution in [3.8, 4) is 0 Å². The van der Waals surface area contributed by atoms with Gasteiger partial charge in [-0.25, -0.2) is 0 Å². The number of hydrogen-bond donors (Lipinski definition) is 3. The molecule has 1 aromatic carbocycles. The van der Waals surface area contributed by atoms with Crippen LogP contribution in [-0.4, -0.2) is 28.3 Å². The Balaban J connectivity index is 1.64. The molecule has 2 heterocycles. The van der Waals surface area contributed by atoms with Gasteiger partial charge in [0.15, 0.2) is 5.78 Å². The molecular weight excluding hydrogens is 312 g/mol. The van der Waals surface area contributed by atoms with Crippen molar-refractivity contribution in [3.63, 3.8) is 0 Å². The molecule has 5 nitrogen and oxygen atoms in total. The maximum Gasteiger partial charge on any atom is 0.267 e. The zero-order chi connectivity index (χ0) is 16.4. The first-order valence-electron chi connectivity index (χ1n) is 7.18. The maximum absolute atomic E-state index is 12.0. The number of amides is 1. The first-order valence-corrected chi connectivity index (χ1v) is 8.00. The van der Waals surface area contributed by atoms with E-state index in [1.807, 2.05) is 30.3 Å². The second-order valence-corrected chi connectivity index (χ2v) is 6.39. The van der Waals surface area contributed by atoms with Crippen LogP contribution in [0.1, 0.15) is 38.8 Å². The number of aliphatic hydroxyl groups is 1. The lowest BCUT2D eigenvalue weighted by Gasteiger charge is -2.09. The number of carbonyl (C=O) groups is 2. The van der Waals surface area contributed by atoms with Gasteiger partial charge in [0.05, 0.1) is 0 Å². The highest BCUT2D eigenvalue weighted by Gasteiger charge is 2.15. The third kappa shape index (κ3) is 3.33. The van der Waals surface area contributed by atoms with E-state index in [0.717, 1.165) is 15.0 Å². The van der Waals surface area contributed by atoms with Crippen molar-refractivity contribution in [1.82, 2.24) is 10.3 Å². The normalized spacial score (nSPS) is 12.3. The fraction of sp³-hybridized carbons (Fsp3) is 0.176. The molecule has 0 spiro atoms. The number of hydrogen-bond acceptors (Lipinski definition) is 4. The zero-order valence-electron chi connectivity index (χ0n) is 12.5. The summed E-state index contributed by atoms with van der Waals surface area (Å²) in [6, 6.07) is 11.3. The Hall–Kier alpha value is -2.44. The van der Waals surface area contributed by atoms with E-state index in [-0.39, 0.29) is 18.2 Å². The summed E-state index contributed by atoms with van der Waals surface area (Å²) in [5.41, 5.74) is 0.763. The van der Waals surface area contributed by atoms with Crippen LogP contribution in [0.5, 0.6) is 0 Å². The lowest BCUT2D eigenvalue weighted by molar-refractivity contribution is 0.0913. The van der Waals surface area contributed by atoms with Gasteiger partial charge in [-0.2, -0.15) is 0 Å². The monoisotopic (exact) mass is 328 g/mol. The van der Waals surface area contributed by atoms with Crippen molar-refractivity contribution < 1.29 is 14.7 Å². The third-order valence-corrected chi connectivity index (χ3v) is 4.78. The molecule has 0 aliphatic rings. The molecule has 0 aliphatic heterocycles. The predicted molar refractivity (Wildman–Crippen MR) is 89.9 cm³/mol. The minimum Gasteiger partial charge on any atom is -0.386 e. The number of aromatic nitrogens is 1. The molecule has 1 unspecified atom stereocenters. The molecule has 1 amide bonds. The summed E-state index contributed by atoms with van der Waals surface area (Å²) >= 11 is 1.51. The molecular formula is C17H16N2O3S. The maximum atomic E-state index is 12.0. The number of fused-ring (bicyclic) bond motifs is 1. The van der Waals surface area contributed by atoms with Crippen molar-refractivity contribution in [2.75, 3.05) is 6.54 Å². The smallest absolute Gasteiger partial charge is 0.267 e. The van der Waals surface area contributed by atoms with E-state index in [0.29, 0.717) is 11.3 Å². The second-order valence-electron chi connectivity index (χ2n) is 5.27. The molecule has 3 rings (SSSR count). The molecule has 118 valence electrons. The van der Waals surface area contributed by atoms with Gasteiger partial charge in [0, 0.05) is 27.9 Å². The van der Waals surface area contributed by atoms with Crippen molar-refractivity contribution in [1.29, 1.82) is 0 Å². The van der Waals surface area contributed by atoms with E-state index in [1.54, 1.807) is 0 Å². The van der Waals surface area contributed by atoms with Gasteiger partial charge >= 0.3 is 0 Å². The Morgan fingerprint density at radius 1 is 1.30 bits per heavy atom. The van der Waals surface area contributed by atoms with Crippen molar-refractivity contribution in [2.45, 2.75) is 13.0 Å². The molecule has 23 heavy (non-hydrogen) atoms. The van der Waals surface area contributed by atoms with Crippen LogP contribution < -0.4 is 5.32 Å². The van der Waals surface area contributed by atoms with E-state index in [1.165, 1.54) is 30.5 Å². The number of rotatable bonds is 5. The topological polar surface area (TPSA) is 82.2 Å². The van der Waals surface area contributed by atoms with Crippen LogP contribution in [0, 0.1) is 0 Å². The van der Waals surface area contributed by atoms with Gasteiger partial charge in [-0.1, -0.05) is 18.2 Å². The van der Waals surface area contributed by atoms with Crippen LogP contribution in [0.4, 0.5) is 0 Å². The van der Waals surface area contributed by atoms with Crippen molar-refractivity contribution >= 4 is 33.1 Å². The second kappa shape index (κ2) is 6.36. The van der Waals surface area contributed by atoms with Gasteiger partial charge < -0.3 is 15.4 Å². The lowest BCUT2D eigenvalue weighted by Crippen LogP contribution is -2.28. The summed E-state index contributed by atoms with van der Waals surface area (Å²) in [5, 5.41) is 14.0. The number of aromatic amines is 1. The van der Waals surface area contributed by atoms with E-state index in [9.17, 15) is 14.7 Å². The zero-order valence-corrected chi connectivity index (χ0v) is 13.3. The van der Waals surface area contributed by atoms with Crippen molar-refractivity contribution in [3.05, 3.63) is 58.7 Å². The van der Waals surface area contributed by atoms with Crippen LogP contribution in [0.15, 0.2) is 42.6 Å². The SMILES string of the molecule is CC(=O)c1c[nH]c(C(=O)NCC(O)c2cc3ccccc3s2)c1. The number of aliphatic hydroxyl groups excluding tert-OH is 1. The molecule has 0 bridgehead atoms. The molecule has 0 fully saturated rings. The van der Waals surface area contributed by atoms with Gasteiger partial charge in [-0.05, 0) is 30.5 Å². The molecule has 6 heteroatoms. The predicted octanol–water partition coefficient (Wildman–Crippen LogP) is 2.90. The van der Waals surface area contributed by atoms with Crippen LogP contribution in [-0.2, 0) is 0 Å². The Morgan fingerprint density at radius 3 is 2.78 bits per heavy atom. The van der Waals surface area contributed by atoms with Crippen LogP contribution in [0.25, 0.3) is 10.1 Å². The Bertz CT molecular complexity index is 832. The molecule has 1 atom stereocenters. The Kier molecular flexibility index (Phi) is 4.27. The van der Waals surface area contributed by atoms with E-state index >= 15 is 0 Å². The van der Waals surface area contributed by atoms with Gasteiger partial charge in [-0.3, -0.25) is 9.59 Å². The summed E-state index contributed by atoms with van der Waals surface area (Å²) in [4.78, 5) is 26.8. The first-order chi connectivity index (χ1) is 11.0. The number of carbonyl (C=O) groups excluding carboxylic acids is 2. The Morgan fingerprint density at radius 2 is 2.09 bits per heavy atom. The number of ketones is 1. The molecule has 2 aromatic heterocycles. The number of H-pyrrole nitrogens is 1. The fourth-order valence-electron chi connectivity index (χ4n) is 2.28. The number of nitrogens with one attached hydrogen (secondary N) is 2. The van der Waals surface area contributed by atoms with E-state index in [4.69, 9.17) is 0 Å². The standard InChI is InChI=1S/C17H16N2O3S/c1-10(20)12-6-13(18-8-12)17(22)19-9-14(21)16-7-11-4-2-3-5-15(11)23-16/h2-8,14,18,21H,9H2,1H3,(H,19,22). The third-order valence-electron chi connectivity index (χ3n) is 3.56. The quantitative estimate of drug-likeness (QED) is 0.630. The van der Waals surface area contributed by atoms with Gasteiger partial charge in [0.2, 0.25) is 0 Å². The van der Waals surface area contributed by atoms with E-state index < -0.39 is 6.10 Å². The molecule has 3 N–H and O–H groups in total. The fourth-order valence-corrected chi connectivity index (χ4v) is 3.33. The number of benzene rings is 1. The summed E-state index contributed by atoms with van der Waals surface area (Å²) in [5.74, 6) is -0.455. The highest BCUT2D eigenvalue weighted by Crippen LogP contribution is 2.29. The summed E-state index contributed by atoms with van der Waals surface area (Å²) in [7, 11) is 0. The van der Waals surface area contributed by atoms with Gasteiger partial charge in [0.25, 0.3) is 5.91 Å². The van der Waals surface area contributed by atoms with E-state index in [2.05, 4.69) is 10.3 Å². The average molecular weight is 328 g/mol. The number of thiophene rings is 1. The van der Waals surface area contributed by atoms with Crippen molar-refractivity contribution in [2.24, 2.45) is 0 Å². The minimum absolute atomic E-state index is 0.106. The molecule has 0 radical (unpaired) electrons. The van der Waals surface area contributed by atoms with Gasteiger partial charge in [0.1, 0.15) is 11.8 Å². The Labute approximate surface area is 137 Å². The lowest BCUT2D eigenvalue weighted by atomic mass is 10.2. The molecule has 0 aliphatic carbocycles. The first kappa shape index (κ1) is 15.5. The average Bonchev–Trinajstić information content (AvgIpc) is 3.18.